The van der Waals surface area contributed by atoms with Crippen LogP contribution in [0.15, 0.2) is 12.2 Å². The van der Waals surface area contributed by atoms with Crippen molar-refractivity contribution in [1.29, 1.82) is 0 Å². The first kappa shape index (κ1) is 68.0. The molecule has 0 aliphatic rings. The van der Waals surface area contributed by atoms with Gasteiger partial charge in [-0.15, -0.1) is 0 Å². The topological polar surface area (TPSA) is 108 Å². The van der Waals surface area contributed by atoms with E-state index < -0.39 is 24.3 Å². The van der Waals surface area contributed by atoms with Crippen LogP contribution < -0.4 is 0 Å². The summed E-state index contributed by atoms with van der Waals surface area (Å²) in [7, 11) is 5.97. The quantitative estimate of drug-likeness (QED) is 0.0211. The van der Waals surface area contributed by atoms with Gasteiger partial charge in [0, 0.05) is 12.8 Å². The van der Waals surface area contributed by atoms with Crippen LogP contribution in [0.2, 0.25) is 0 Å². The van der Waals surface area contributed by atoms with Crippen molar-refractivity contribution in [3.8, 4) is 0 Å². The molecule has 0 aromatic heterocycles. The van der Waals surface area contributed by atoms with Crippen molar-refractivity contribution < 1.29 is 42.9 Å². The van der Waals surface area contributed by atoms with E-state index in [0.717, 1.165) is 57.8 Å². The normalized spacial score (nSPS) is 12.8. The maximum Gasteiger partial charge on any atom is 0.361 e. The first-order chi connectivity index (χ1) is 34.1. The lowest BCUT2D eigenvalue weighted by Gasteiger charge is -2.25. The second-order valence-corrected chi connectivity index (χ2v) is 22.0. The largest absolute Gasteiger partial charge is 0.477 e. The van der Waals surface area contributed by atoms with Gasteiger partial charge in [0.05, 0.1) is 34.4 Å². The monoisotopic (exact) mass is 993 g/mol. The predicted molar refractivity (Wildman–Crippen MR) is 295 cm³/mol. The van der Waals surface area contributed by atoms with Crippen molar-refractivity contribution in [3.05, 3.63) is 12.2 Å². The highest BCUT2D eigenvalue weighted by molar-refractivity contribution is 5.71. The lowest BCUT2D eigenvalue weighted by atomic mass is 10.0. The minimum Gasteiger partial charge on any atom is -0.477 e. The Balaban J connectivity index is 3.87. The third kappa shape index (κ3) is 53.8. The van der Waals surface area contributed by atoms with E-state index >= 15 is 0 Å². The second-order valence-electron chi connectivity index (χ2n) is 22.0. The smallest absolute Gasteiger partial charge is 0.361 e. The van der Waals surface area contributed by atoms with Gasteiger partial charge in [0.1, 0.15) is 13.2 Å². The molecule has 0 bridgehead atoms. The molecule has 0 radical (unpaired) electrons. The summed E-state index contributed by atoms with van der Waals surface area (Å²) < 4.78 is 22.8. The first-order valence-corrected chi connectivity index (χ1v) is 30.4. The highest BCUT2D eigenvalue weighted by atomic mass is 16.7. The Kier molecular flexibility index (Phi) is 51.8. The highest BCUT2D eigenvalue weighted by Crippen LogP contribution is 2.18. The number of carboxylic acid groups (broad SMARTS) is 1. The van der Waals surface area contributed by atoms with E-state index in [1.54, 1.807) is 0 Å². The molecule has 0 heterocycles. The number of esters is 2. The zero-order valence-corrected chi connectivity index (χ0v) is 47.2. The fraction of sp³-hybridized carbons (Fsp3) is 0.918. The molecule has 1 N–H and O–H groups in total. The zero-order valence-electron chi connectivity index (χ0n) is 47.2. The van der Waals surface area contributed by atoms with E-state index in [9.17, 15) is 19.5 Å². The summed E-state index contributed by atoms with van der Waals surface area (Å²) in [5.74, 6) is -2.00. The summed E-state index contributed by atoms with van der Waals surface area (Å²) in [6.45, 7) is 4.84. The third-order valence-electron chi connectivity index (χ3n) is 13.8. The molecule has 0 spiro atoms. The zero-order chi connectivity index (χ0) is 51.3. The number of aliphatic carboxylic acids is 1. The Morgan fingerprint density at radius 3 is 1.11 bits per heavy atom. The number of allylic oxidation sites excluding steroid dienone is 2. The van der Waals surface area contributed by atoms with Crippen molar-refractivity contribution >= 4 is 17.9 Å². The van der Waals surface area contributed by atoms with Crippen LogP contribution in [0, 0.1) is 0 Å². The van der Waals surface area contributed by atoms with E-state index in [2.05, 4.69) is 26.0 Å². The van der Waals surface area contributed by atoms with Crippen LogP contribution in [-0.2, 0) is 33.3 Å². The molecule has 2 unspecified atom stereocenters. The van der Waals surface area contributed by atoms with Crippen LogP contribution in [0.5, 0.6) is 0 Å². The van der Waals surface area contributed by atoms with Gasteiger partial charge in [-0.1, -0.05) is 270 Å². The number of rotatable bonds is 57. The van der Waals surface area contributed by atoms with Gasteiger partial charge in [-0.05, 0) is 32.1 Å². The molecular weight excluding hydrogens is 875 g/mol. The van der Waals surface area contributed by atoms with Crippen molar-refractivity contribution in [1.82, 2.24) is 0 Å². The maximum atomic E-state index is 12.7. The molecule has 0 fully saturated rings. The lowest BCUT2D eigenvalue weighted by molar-refractivity contribution is -0.870. The van der Waals surface area contributed by atoms with Gasteiger partial charge >= 0.3 is 17.9 Å². The second kappa shape index (κ2) is 53.3. The molecule has 0 amide bonds. The number of nitrogens with zero attached hydrogens (tertiary/aromatic N) is 1. The summed E-state index contributed by atoms with van der Waals surface area (Å²) >= 11 is 0. The van der Waals surface area contributed by atoms with Gasteiger partial charge in [0.2, 0.25) is 0 Å². The van der Waals surface area contributed by atoms with Crippen molar-refractivity contribution in [2.75, 3.05) is 47.5 Å². The van der Waals surface area contributed by atoms with E-state index in [1.165, 1.54) is 212 Å². The van der Waals surface area contributed by atoms with E-state index in [1.807, 2.05) is 21.1 Å². The number of carbonyl (C=O) groups is 3. The predicted octanol–water partition coefficient (Wildman–Crippen LogP) is 17.7. The van der Waals surface area contributed by atoms with Crippen LogP contribution in [0.3, 0.4) is 0 Å². The fourth-order valence-corrected chi connectivity index (χ4v) is 9.08. The SMILES string of the molecule is CCC/C=C\CCCCCCCC(=O)OC(COC(=O)CCCCCCCCCCCCCCCCCCCCCCCCCCCCCCCCCCCCC)COC(OCC[N+](C)(C)C)C(=O)O. The molecule has 9 heteroatoms. The number of unbranched alkanes of at least 4 members (excludes halogenated alkanes) is 40. The van der Waals surface area contributed by atoms with Crippen LogP contribution >= 0.6 is 0 Å². The van der Waals surface area contributed by atoms with E-state index in [4.69, 9.17) is 18.9 Å². The Hall–Kier alpha value is -1.97. The number of likely N-dealkylation sites (N-methyl/N-ethyl adjacent to an activating group) is 1. The van der Waals surface area contributed by atoms with Crippen LogP contribution in [-0.4, -0.2) is 87.4 Å². The number of carboxylic acids is 1. The van der Waals surface area contributed by atoms with Crippen molar-refractivity contribution in [2.24, 2.45) is 0 Å². The average Bonchev–Trinajstić information content (AvgIpc) is 3.33. The van der Waals surface area contributed by atoms with Gasteiger partial charge in [0.15, 0.2) is 6.10 Å². The molecule has 70 heavy (non-hydrogen) atoms. The Bertz CT molecular complexity index is 1150. The summed E-state index contributed by atoms with van der Waals surface area (Å²) in [5, 5.41) is 9.66. The fourth-order valence-electron chi connectivity index (χ4n) is 9.08. The molecule has 0 aliphatic carbocycles. The Labute approximate surface area is 434 Å². The van der Waals surface area contributed by atoms with Gasteiger partial charge < -0.3 is 28.5 Å². The molecule has 0 rings (SSSR count). The van der Waals surface area contributed by atoms with Crippen molar-refractivity contribution in [2.45, 2.75) is 315 Å². The molecule has 0 aliphatic heterocycles. The molecule has 0 saturated carbocycles. The maximum absolute atomic E-state index is 12.7. The van der Waals surface area contributed by atoms with Crippen LogP contribution in [0.4, 0.5) is 0 Å². The van der Waals surface area contributed by atoms with Crippen LogP contribution in [0.1, 0.15) is 303 Å². The molecule has 0 aromatic carbocycles. The number of hydrogen-bond donors (Lipinski definition) is 1. The van der Waals surface area contributed by atoms with Gasteiger partial charge in [-0.3, -0.25) is 9.59 Å². The molecule has 2 atom stereocenters. The van der Waals surface area contributed by atoms with Crippen molar-refractivity contribution in [3.63, 3.8) is 0 Å². The van der Waals surface area contributed by atoms with Gasteiger partial charge in [-0.2, -0.15) is 0 Å². The Morgan fingerprint density at radius 1 is 0.414 bits per heavy atom. The van der Waals surface area contributed by atoms with Gasteiger partial charge in [0.25, 0.3) is 6.29 Å². The number of quaternary nitrogens is 1. The van der Waals surface area contributed by atoms with E-state index in [0.29, 0.717) is 23.9 Å². The molecule has 0 aromatic rings. The summed E-state index contributed by atoms with van der Waals surface area (Å²) in [6, 6.07) is 0. The molecular formula is C61H118NO8+. The number of ether oxygens (including phenoxy) is 4. The Morgan fingerprint density at radius 2 is 0.757 bits per heavy atom. The summed E-state index contributed by atoms with van der Waals surface area (Å²) in [5.41, 5.74) is 0. The number of carbonyl (C=O) groups excluding carboxylic acids is 2. The standard InChI is InChI=1S/C61H117NO8/c1-6-8-10-12-14-16-18-19-20-21-22-23-24-25-26-27-28-29-30-31-32-33-34-35-36-37-38-39-40-41-42-44-45-47-49-51-58(63)68-55-57(56-69-61(60(65)66)67-54-53-62(3,4)5)70-59(64)52-50-48-46-43-17-15-13-11-9-7-2/h11,13,57,61H,6-10,12,14-56H2,1-5H3/p+1/b13-11-. The summed E-state index contributed by atoms with van der Waals surface area (Å²) in [6.07, 6.45) is 59.2. The average molecular weight is 994 g/mol. The molecule has 414 valence electrons. The van der Waals surface area contributed by atoms with Crippen LogP contribution in [0.25, 0.3) is 0 Å². The third-order valence-corrected chi connectivity index (χ3v) is 13.8. The first-order valence-electron chi connectivity index (χ1n) is 30.4. The molecule has 9 nitrogen and oxygen atoms in total. The summed E-state index contributed by atoms with van der Waals surface area (Å²) in [4.78, 5) is 37.2. The highest BCUT2D eigenvalue weighted by Gasteiger charge is 2.25. The minimum absolute atomic E-state index is 0.180. The molecule has 0 saturated heterocycles. The minimum atomic E-state index is -1.51. The lowest BCUT2D eigenvalue weighted by Crippen LogP contribution is -2.40. The van der Waals surface area contributed by atoms with Gasteiger partial charge in [-0.25, -0.2) is 4.79 Å². The number of hydrogen-bond acceptors (Lipinski definition) is 7. The van der Waals surface area contributed by atoms with E-state index in [-0.39, 0.29) is 32.2 Å².